The summed E-state index contributed by atoms with van der Waals surface area (Å²) in [6.45, 7) is 3.75. The van der Waals surface area contributed by atoms with Crippen LogP contribution >= 0.6 is 0 Å². The molecule has 0 aliphatic heterocycles. The first kappa shape index (κ1) is 25.3. The predicted octanol–water partition coefficient (Wildman–Crippen LogP) is 2.94. The minimum absolute atomic E-state index is 0.157. The lowest BCUT2D eigenvalue weighted by molar-refractivity contribution is -0.129. The number of rotatable bonds is 14. The van der Waals surface area contributed by atoms with E-state index in [2.05, 4.69) is 6.92 Å². The summed E-state index contributed by atoms with van der Waals surface area (Å²) in [5, 5.41) is 38.1. The smallest absolute Gasteiger partial charge is 0.243 e. The van der Waals surface area contributed by atoms with Gasteiger partial charge in [0.2, 0.25) is 5.91 Å². The molecule has 5 N–H and O–H groups in total. The number of allylic oxidation sites excluding steroid dienone is 6. The zero-order chi connectivity index (χ0) is 20.5. The third-order valence-electron chi connectivity index (χ3n) is 4.03. The van der Waals surface area contributed by atoms with Crippen LogP contribution in [0.3, 0.4) is 0 Å². The Morgan fingerprint density at radius 2 is 1.67 bits per heavy atom. The Balaban J connectivity index is 4.14. The van der Waals surface area contributed by atoms with Gasteiger partial charge in [-0.15, -0.1) is 0 Å². The van der Waals surface area contributed by atoms with Crippen LogP contribution in [-0.2, 0) is 4.79 Å². The average molecular weight is 382 g/mol. The van der Waals surface area contributed by atoms with Gasteiger partial charge in [-0.25, -0.2) is 5.48 Å². The van der Waals surface area contributed by atoms with Gasteiger partial charge in [0.1, 0.15) is 0 Å². The Bertz CT molecular complexity index is 509. The molecule has 1 amide bonds. The van der Waals surface area contributed by atoms with E-state index < -0.39 is 23.7 Å². The Kier molecular flexibility index (Phi) is 14.4. The van der Waals surface area contributed by atoms with Gasteiger partial charge < -0.3 is 15.3 Å². The molecule has 0 bridgehead atoms. The lowest BCUT2D eigenvalue weighted by Gasteiger charge is -2.17. The van der Waals surface area contributed by atoms with E-state index in [0.717, 1.165) is 19.3 Å². The van der Waals surface area contributed by atoms with Crippen molar-refractivity contribution in [2.45, 2.75) is 76.6 Å². The highest BCUT2D eigenvalue weighted by Gasteiger charge is 2.15. The highest BCUT2D eigenvalue weighted by Crippen LogP contribution is 2.15. The van der Waals surface area contributed by atoms with Crippen molar-refractivity contribution in [2.24, 2.45) is 0 Å². The summed E-state index contributed by atoms with van der Waals surface area (Å²) < 4.78 is 0. The fraction of sp³-hybridized carbons (Fsp3) is 0.571. The summed E-state index contributed by atoms with van der Waals surface area (Å²) in [5.74, 6) is -0.466. The second kappa shape index (κ2) is 15.3. The van der Waals surface area contributed by atoms with Gasteiger partial charge in [-0.05, 0) is 26.2 Å². The normalized spacial score (nSPS) is 17.1. The van der Waals surface area contributed by atoms with Crippen LogP contribution in [0.25, 0.3) is 0 Å². The van der Waals surface area contributed by atoms with Gasteiger partial charge in [-0.3, -0.25) is 10.0 Å². The molecule has 0 radical (unpaired) electrons. The maximum absolute atomic E-state index is 10.9. The molecule has 0 unspecified atom stereocenters. The summed E-state index contributed by atoms with van der Waals surface area (Å²) in [6.07, 6.45) is 16.7. The summed E-state index contributed by atoms with van der Waals surface area (Å²) in [5.41, 5.74) is 0.534. The van der Waals surface area contributed by atoms with Crippen LogP contribution in [0.1, 0.15) is 58.8 Å². The van der Waals surface area contributed by atoms with Crippen LogP contribution in [0.5, 0.6) is 0 Å². The molecule has 6 nitrogen and oxygen atoms in total. The van der Waals surface area contributed by atoms with Crippen molar-refractivity contribution < 1.29 is 25.3 Å². The molecule has 0 aromatic heterocycles. The predicted molar refractivity (Wildman–Crippen MR) is 107 cm³/mol. The first-order valence-corrected chi connectivity index (χ1v) is 9.53. The molecule has 0 fully saturated rings. The van der Waals surface area contributed by atoms with E-state index in [1.54, 1.807) is 61.0 Å². The van der Waals surface area contributed by atoms with E-state index in [1.807, 2.05) is 0 Å². The maximum atomic E-state index is 10.9. The van der Waals surface area contributed by atoms with Gasteiger partial charge in [-0.1, -0.05) is 74.8 Å². The highest BCUT2D eigenvalue weighted by molar-refractivity contribution is 5.74. The number of carbonyl (C=O) groups is 1. The molecule has 0 saturated heterocycles. The lowest BCUT2D eigenvalue weighted by Crippen LogP contribution is -2.23. The Hall–Kier alpha value is -1.73. The highest BCUT2D eigenvalue weighted by atomic mass is 16.5. The Morgan fingerprint density at radius 1 is 1.04 bits per heavy atom. The van der Waals surface area contributed by atoms with Gasteiger partial charge in [0, 0.05) is 6.42 Å². The molecule has 0 aromatic carbocycles. The van der Waals surface area contributed by atoms with Crippen molar-refractivity contribution in [3.63, 3.8) is 0 Å². The van der Waals surface area contributed by atoms with Crippen LogP contribution in [0.15, 0.2) is 48.6 Å². The first-order chi connectivity index (χ1) is 12.8. The van der Waals surface area contributed by atoms with E-state index in [4.69, 9.17) is 5.21 Å². The molecule has 0 saturated carbocycles. The van der Waals surface area contributed by atoms with Crippen LogP contribution in [0.2, 0.25) is 0 Å². The number of hydroxylamine groups is 1. The van der Waals surface area contributed by atoms with E-state index in [9.17, 15) is 20.1 Å². The first-order valence-electron chi connectivity index (χ1n) is 9.53. The van der Waals surface area contributed by atoms with Crippen LogP contribution < -0.4 is 5.48 Å². The molecule has 6 heteroatoms. The van der Waals surface area contributed by atoms with Crippen molar-refractivity contribution in [3.05, 3.63) is 48.6 Å². The molecule has 0 aliphatic rings. The van der Waals surface area contributed by atoms with E-state index >= 15 is 0 Å². The molecule has 3 atom stereocenters. The second-order valence-electron chi connectivity index (χ2n) is 6.81. The van der Waals surface area contributed by atoms with Crippen LogP contribution in [0.4, 0.5) is 0 Å². The summed E-state index contributed by atoms with van der Waals surface area (Å²) in [7, 11) is 0. The fourth-order valence-electron chi connectivity index (χ4n) is 2.35. The molecule has 0 aromatic rings. The fourth-order valence-corrected chi connectivity index (χ4v) is 2.35. The molecular formula is C21H35NO5. The monoisotopic (exact) mass is 381 g/mol. The lowest BCUT2D eigenvalue weighted by atomic mass is 9.98. The van der Waals surface area contributed by atoms with Gasteiger partial charge in [0.05, 0.1) is 17.8 Å². The summed E-state index contributed by atoms with van der Waals surface area (Å²) in [4.78, 5) is 10.9. The molecule has 0 rings (SSSR count). The molecule has 27 heavy (non-hydrogen) atoms. The van der Waals surface area contributed by atoms with Crippen molar-refractivity contribution in [1.29, 1.82) is 0 Å². The molecule has 0 heterocycles. The number of unbranched alkanes of at least 4 members (excludes halogenated alkanes) is 2. The minimum atomic E-state index is -1.03. The number of aliphatic hydroxyl groups is 3. The molecular weight excluding hydrogens is 346 g/mol. The SMILES string of the molecule is CCCCC[C@@H](O)[C@H](O)/C=C/C=C/C=C\C=C\[C@@](C)(O)CCCC(=O)NO. The topological polar surface area (TPSA) is 110 Å². The van der Waals surface area contributed by atoms with Gasteiger partial charge in [0.25, 0.3) is 0 Å². The molecule has 154 valence electrons. The third kappa shape index (κ3) is 15.1. The average Bonchev–Trinajstić information content (AvgIpc) is 2.63. The third-order valence-corrected chi connectivity index (χ3v) is 4.03. The Morgan fingerprint density at radius 3 is 2.30 bits per heavy atom. The summed E-state index contributed by atoms with van der Waals surface area (Å²) in [6, 6.07) is 0. The number of nitrogens with one attached hydrogen (secondary N) is 1. The zero-order valence-corrected chi connectivity index (χ0v) is 16.4. The number of amides is 1. The van der Waals surface area contributed by atoms with Crippen molar-refractivity contribution in [3.8, 4) is 0 Å². The van der Waals surface area contributed by atoms with E-state index in [1.165, 1.54) is 0 Å². The zero-order valence-electron chi connectivity index (χ0n) is 16.4. The Labute approximate surface area is 162 Å². The van der Waals surface area contributed by atoms with Crippen molar-refractivity contribution in [1.82, 2.24) is 5.48 Å². The van der Waals surface area contributed by atoms with Crippen molar-refractivity contribution in [2.75, 3.05) is 0 Å². The summed E-state index contributed by atoms with van der Waals surface area (Å²) >= 11 is 0. The second-order valence-corrected chi connectivity index (χ2v) is 6.81. The van der Waals surface area contributed by atoms with E-state index in [0.29, 0.717) is 19.3 Å². The van der Waals surface area contributed by atoms with E-state index in [-0.39, 0.29) is 6.42 Å². The quantitative estimate of drug-likeness (QED) is 0.138. The maximum Gasteiger partial charge on any atom is 0.243 e. The standard InChI is InChI=1S/C21H35NO5/c1-3-4-9-13-18(23)19(24)14-10-7-5-6-8-11-16-21(2,26)17-12-15-20(25)22-27/h5-8,10-11,14,16,18-19,23-24,26-27H,3-4,9,12-13,15,17H2,1-2H3,(H,22,25)/b7-5+,8-6-,14-10+,16-11+/t18-,19-,21-/m1/s1. The van der Waals surface area contributed by atoms with Gasteiger partial charge >= 0.3 is 0 Å². The van der Waals surface area contributed by atoms with Crippen molar-refractivity contribution >= 4 is 5.91 Å². The number of carbonyl (C=O) groups excluding carboxylic acids is 1. The van der Waals surface area contributed by atoms with Gasteiger partial charge in [0.15, 0.2) is 0 Å². The largest absolute Gasteiger partial charge is 0.390 e. The molecule has 0 spiro atoms. The number of hydrogen-bond donors (Lipinski definition) is 5. The number of aliphatic hydroxyl groups excluding tert-OH is 2. The minimum Gasteiger partial charge on any atom is -0.390 e. The van der Waals surface area contributed by atoms with Gasteiger partial charge in [-0.2, -0.15) is 0 Å². The van der Waals surface area contributed by atoms with Crippen LogP contribution in [0, 0.1) is 0 Å². The molecule has 0 aliphatic carbocycles. The number of hydrogen-bond acceptors (Lipinski definition) is 5. The van der Waals surface area contributed by atoms with Crippen LogP contribution in [-0.4, -0.2) is 44.2 Å².